The molecule has 0 aliphatic carbocycles. The van der Waals surface area contributed by atoms with E-state index in [1.54, 1.807) is 39.0 Å². The molecule has 0 aliphatic rings. The molecular formula is C28H41N3O5S. The van der Waals surface area contributed by atoms with Crippen molar-refractivity contribution in [1.29, 1.82) is 0 Å². The molecule has 0 heterocycles. The third kappa shape index (κ3) is 8.38. The van der Waals surface area contributed by atoms with Crippen molar-refractivity contribution in [3.8, 4) is 0 Å². The fourth-order valence-corrected chi connectivity index (χ4v) is 5.28. The number of aliphatic hydroxyl groups is 1. The molecule has 0 radical (unpaired) electrons. The number of nitrogens with zero attached hydrogens (tertiary/aromatic N) is 1. The molecule has 0 fully saturated rings. The molecule has 8 nitrogen and oxygen atoms in total. The molecule has 37 heavy (non-hydrogen) atoms. The maximum atomic E-state index is 13.5. The Morgan fingerprint density at radius 1 is 1.00 bits per heavy atom. The summed E-state index contributed by atoms with van der Waals surface area (Å²) in [6, 6.07) is 16.6. The van der Waals surface area contributed by atoms with Gasteiger partial charge in [0.2, 0.25) is 21.8 Å². The molecule has 0 saturated carbocycles. The molecule has 0 bridgehead atoms. The zero-order valence-corrected chi connectivity index (χ0v) is 23.2. The van der Waals surface area contributed by atoms with Crippen LogP contribution in [0.25, 0.3) is 0 Å². The summed E-state index contributed by atoms with van der Waals surface area (Å²) in [5.74, 6) is -1.56. The number of carbonyl (C=O) groups is 2. The van der Waals surface area contributed by atoms with Gasteiger partial charge in [-0.25, -0.2) is 8.42 Å². The fraction of sp³-hybridized carbons (Fsp3) is 0.500. The molecule has 204 valence electrons. The molecular weight excluding hydrogens is 490 g/mol. The van der Waals surface area contributed by atoms with Crippen molar-refractivity contribution in [2.75, 3.05) is 13.1 Å². The summed E-state index contributed by atoms with van der Waals surface area (Å²) in [6.07, 6.45) is -0.321. The van der Waals surface area contributed by atoms with Crippen LogP contribution in [0, 0.1) is 17.3 Å². The quantitative estimate of drug-likeness (QED) is 0.345. The summed E-state index contributed by atoms with van der Waals surface area (Å²) in [7, 11) is -3.88. The van der Waals surface area contributed by atoms with E-state index in [4.69, 9.17) is 5.73 Å². The average molecular weight is 532 g/mol. The molecule has 4 N–H and O–H groups in total. The summed E-state index contributed by atoms with van der Waals surface area (Å²) in [5.41, 5.74) is 5.27. The number of amides is 2. The van der Waals surface area contributed by atoms with E-state index < -0.39 is 45.3 Å². The molecule has 2 amide bonds. The van der Waals surface area contributed by atoms with Crippen LogP contribution in [0.5, 0.6) is 0 Å². The number of primary amides is 1. The highest BCUT2D eigenvalue weighted by Gasteiger charge is 2.38. The van der Waals surface area contributed by atoms with Crippen molar-refractivity contribution in [2.45, 2.75) is 64.5 Å². The summed E-state index contributed by atoms with van der Waals surface area (Å²) < 4.78 is 28.2. The van der Waals surface area contributed by atoms with E-state index in [1.165, 1.54) is 16.4 Å². The van der Waals surface area contributed by atoms with Gasteiger partial charge in [-0.1, -0.05) is 83.1 Å². The minimum Gasteiger partial charge on any atom is -0.390 e. The summed E-state index contributed by atoms with van der Waals surface area (Å²) in [5, 5.41) is 14.2. The van der Waals surface area contributed by atoms with Crippen LogP contribution in [0.4, 0.5) is 0 Å². The SMILES string of the molecule is CC(C)CCN(C[C@H](O)[C@@H](Cc1ccccc1)NC(=O)[C@@H](C)C(C)(C)C(N)=O)S(=O)(=O)c1ccccc1. The zero-order chi connectivity index (χ0) is 27.8. The Morgan fingerprint density at radius 3 is 2.05 bits per heavy atom. The van der Waals surface area contributed by atoms with Crippen molar-refractivity contribution in [1.82, 2.24) is 9.62 Å². The predicted octanol–water partition coefficient (Wildman–Crippen LogP) is 2.96. The first-order valence-corrected chi connectivity index (χ1v) is 14.1. The Labute approximate surface area is 221 Å². The lowest BCUT2D eigenvalue weighted by molar-refractivity contribution is -0.138. The van der Waals surface area contributed by atoms with Gasteiger partial charge in [-0.3, -0.25) is 9.59 Å². The Morgan fingerprint density at radius 2 is 1.54 bits per heavy atom. The average Bonchev–Trinajstić information content (AvgIpc) is 2.86. The molecule has 0 aromatic heterocycles. The summed E-state index contributed by atoms with van der Waals surface area (Å²) in [4.78, 5) is 25.2. The Hall–Kier alpha value is -2.75. The minimum absolute atomic E-state index is 0.145. The molecule has 3 atom stereocenters. The third-order valence-corrected chi connectivity index (χ3v) is 8.81. The minimum atomic E-state index is -3.88. The molecule has 2 aromatic carbocycles. The van der Waals surface area contributed by atoms with E-state index in [9.17, 15) is 23.1 Å². The first kappa shape index (κ1) is 30.5. The van der Waals surface area contributed by atoms with Gasteiger partial charge in [-0.2, -0.15) is 4.31 Å². The van der Waals surface area contributed by atoms with Crippen molar-refractivity contribution in [3.63, 3.8) is 0 Å². The normalized spacial score (nSPS) is 14.8. The number of hydrogen-bond donors (Lipinski definition) is 3. The number of hydrogen-bond acceptors (Lipinski definition) is 5. The lowest BCUT2D eigenvalue weighted by atomic mass is 9.78. The van der Waals surface area contributed by atoms with Crippen LogP contribution in [0.3, 0.4) is 0 Å². The predicted molar refractivity (Wildman–Crippen MR) is 145 cm³/mol. The molecule has 0 spiro atoms. The van der Waals surface area contributed by atoms with E-state index in [0.717, 1.165) is 5.56 Å². The smallest absolute Gasteiger partial charge is 0.243 e. The number of sulfonamides is 1. The number of rotatable bonds is 14. The molecule has 0 unspecified atom stereocenters. The van der Waals surface area contributed by atoms with Crippen LogP contribution < -0.4 is 11.1 Å². The van der Waals surface area contributed by atoms with Gasteiger partial charge in [0.05, 0.1) is 22.5 Å². The van der Waals surface area contributed by atoms with E-state index in [0.29, 0.717) is 6.42 Å². The molecule has 0 saturated heterocycles. The standard InChI is InChI=1S/C28H41N3O5S/c1-20(2)16-17-31(37(35,36)23-14-10-7-11-15-23)19-25(32)24(18-22-12-8-6-9-13-22)30-26(33)21(3)28(4,5)27(29)34/h6-15,20-21,24-25,32H,16-19H2,1-5H3,(H2,29,34)(H,30,33)/t21-,24-,25+/m1/s1. The van der Waals surface area contributed by atoms with Gasteiger partial charge < -0.3 is 16.2 Å². The van der Waals surface area contributed by atoms with Crippen molar-refractivity contribution in [3.05, 3.63) is 66.2 Å². The zero-order valence-electron chi connectivity index (χ0n) is 22.4. The first-order chi connectivity index (χ1) is 17.3. The van der Waals surface area contributed by atoms with Gasteiger partial charge >= 0.3 is 0 Å². The number of nitrogens with one attached hydrogen (secondary N) is 1. The van der Waals surface area contributed by atoms with E-state index in [-0.39, 0.29) is 30.3 Å². The molecule has 2 aromatic rings. The number of aliphatic hydroxyl groups excluding tert-OH is 1. The van der Waals surface area contributed by atoms with Gasteiger partial charge in [-0.15, -0.1) is 0 Å². The van der Waals surface area contributed by atoms with Crippen LogP contribution in [0.1, 0.15) is 46.6 Å². The van der Waals surface area contributed by atoms with Gasteiger partial charge in [0, 0.05) is 19.0 Å². The number of nitrogens with two attached hydrogens (primary N) is 1. The van der Waals surface area contributed by atoms with E-state index in [1.807, 2.05) is 44.2 Å². The molecule has 2 rings (SSSR count). The highest BCUT2D eigenvalue weighted by atomic mass is 32.2. The Bertz CT molecular complexity index is 1120. The highest BCUT2D eigenvalue weighted by Crippen LogP contribution is 2.27. The van der Waals surface area contributed by atoms with E-state index >= 15 is 0 Å². The second kappa shape index (κ2) is 13.2. The summed E-state index contributed by atoms with van der Waals surface area (Å²) >= 11 is 0. The second-order valence-corrected chi connectivity index (χ2v) is 12.5. The van der Waals surface area contributed by atoms with Crippen molar-refractivity contribution < 1.29 is 23.1 Å². The first-order valence-electron chi connectivity index (χ1n) is 12.6. The second-order valence-electron chi connectivity index (χ2n) is 10.5. The van der Waals surface area contributed by atoms with Crippen LogP contribution in [0.15, 0.2) is 65.6 Å². The summed E-state index contributed by atoms with van der Waals surface area (Å²) in [6.45, 7) is 8.85. The van der Waals surface area contributed by atoms with Gasteiger partial charge in [-0.05, 0) is 36.5 Å². The largest absolute Gasteiger partial charge is 0.390 e. The van der Waals surface area contributed by atoms with Crippen LogP contribution in [-0.2, 0) is 26.0 Å². The highest BCUT2D eigenvalue weighted by molar-refractivity contribution is 7.89. The Kier molecular flexibility index (Phi) is 10.8. The molecule has 0 aliphatic heterocycles. The van der Waals surface area contributed by atoms with Gasteiger partial charge in [0.15, 0.2) is 0 Å². The maximum absolute atomic E-state index is 13.5. The van der Waals surface area contributed by atoms with Crippen LogP contribution in [-0.4, -0.2) is 54.9 Å². The van der Waals surface area contributed by atoms with Crippen molar-refractivity contribution in [2.24, 2.45) is 23.0 Å². The fourth-order valence-electron chi connectivity index (χ4n) is 3.79. The lowest BCUT2D eigenvalue weighted by Crippen LogP contribution is -2.54. The van der Waals surface area contributed by atoms with Gasteiger partial charge in [0.25, 0.3) is 0 Å². The maximum Gasteiger partial charge on any atom is 0.243 e. The Balaban J connectivity index is 2.35. The molecule has 9 heteroatoms. The number of carbonyl (C=O) groups excluding carboxylic acids is 2. The topological polar surface area (TPSA) is 130 Å². The van der Waals surface area contributed by atoms with Crippen LogP contribution >= 0.6 is 0 Å². The lowest BCUT2D eigenvalue weighted by Gasteiger charge is -2.33. The van der Waals surface area contributed by atoms with Crippen molar-refractivity contribution >= 4 is 21.8 Å². The van der Waals surface area contributed by atoms with Gasteiger partial charge in [0.1, 0.15) is 0 Å². The van der Waals surface area contributed by atoms with Crippen LogP contribution in [0.2, 0.25) is 0 Å². The third-order valence-electron chi connectivity index (χ3n) is 6.93. The van der Waals surface area contributed by atoms with E-state index in [2.05, 4.69) is 5.32 Å². The monoisotopic (exact) mass is 531 g/mol. The number of benzene rings is 2.